The molecule has 0 saturated carbocycles. The lowest BCUT2D eigenvalue weighted by molar-refractivity contribution is -0.147. The molecule has 2 aromatic carbocycles. The summed E-state index contributed by atoms with van der Waals surface area (Å²) in [6.07, 6.45) is 6.73. The quantitative estimate of drug-likeness (QED) is 0.332. The second-order valence-electron chi connectivity index (χ2n) is 10.1. The number of hydrogen-bond donors (Lipinski definition) is 4. The highest BCUT2D eigenvalue weighted by Gasteiger charge is 2.43. The van der Waals surface area contributed by atoms with Crippen LogP contribution >= 0.6 is 0 Å². The number of carboxylic acids is 1. The summed E-state index contributed by atoms with van der Waals surface area (Å²) in [4.78, 5) is 14.6. The van der Waals surface area contributed by atoms with E-state index >= 15 is 0 Å². The molecule has 7 heteroatoms. The fourth-order valence-electron chi connectivity index (χ4n) is 5.93. The Morgan fingerprint density at radius 2 is 1.76 bits per heavy atom. The molecule has 1 saturated heterocycles. The molecule has 0 aromatic heterocycles. The molecule has 34 heavy (non-hydrogen) atoms. The third-order valence-electron chi connectivity index (χ3n) is 7.93. The second-order valence-corrected chi connectivity index (χ2v) is 10.1. The third-order valence-corrected chi connectivity index (χ3v) is 7.93. The van der Waals surface area contributed by atoms with Gasteiger partial charge in [-0.2, -0.15) is 0 Å². The van der Waals surface area contributed by atoms with Gasteiger partial charge in [-0.05, 0) is 86.1 Å². The van der Waals surface area contributed by atoms with Gasteiger partial charge in [-0.25, -0.2) is 0 Å². The van der Waals surface area contributed by atoms with Crippen molar-refractivity contribution in [2.45, 2.75) is 69.3 Å². The van der Waals surface area contributed by atoms with Gasteiger partial charge in [0, 0.05) is 6.04 Å². The number of hydrogen-bond acceptors (Lipinski definition) is 5. The number of fused-ring (bicyclic) bond motifs is 1. The maximum atomic E-state index is 12.1. The summed E-state index contributed by atoms with van der Waals surface area (Å²) in [7, 11) is -1.35. The van der Waals surface area contributed by atoms with Crippen LogP contribution in [0.5, 0.6) is 0 Å². The Bertz CT molecular complexity index is 962. The minimum atomic E-state index is -1.35. The van der Waals surface area contributed by atoms with Crippen molar-refractivity contribution in [3.05, 3.63) is 59.7 Å². The normalized spacial score (nSPS) is 21.0. The summed E-state index contributed by atoms with van der Waals surface area (Å²) in [5.74, 6) is -1.00. The maximum Gasteiger partial charge on any atom is 0.451 e. The number of aliphatic carboxylic acids is 1. The molecule has 0 spiro atoms. The van der Waals surface area contributed by atoms with E-state index in [0.717, 1.165) is 38.8 Å². The van der Waals surface area contributed by atoms with Crippen molar-refractivity contribution in [2.75, 3.05) is 13.1 Å². The molecular weight excluding hydrogens is 427 g/mol. The summed E-state index contributed by atoms with van der Waals surface area (Å²) < 4.78 is 0. The Labute approximate surface area is 202 Å². The third kappa shape index (κ3) is 5.55. The monoisotopic (exact) mass is 464 g/mol. The fraction of sp³-hybridized carbons (Fsp3) is 0.519. The van der Waals surface area contributed by atoms with E-state index in [1.165, 1.54) is 28.7 Å². The largest absolute Gasteiger partial charge is 0.480 e. The Morgan fingerprint density at radius 3 is 2.44 bits per heavy atom. The van der Waals surface area contributed by atoms with E-state index in [0.29, 0.717) is 25.3 Å². The molecule has 2 atom stereocenters. The molecule has 5 N–H and O–H groups in total. The van der Waals surface area contributed by atoms with E-state index in [2.05, 4.69) is 47.4 Å². The van der Waals surface area contributed by atoms with E-state index in [1.54, 1.807) is 0 Å². The molecule has 1 heterocycles. The topological polar surface area (TPSA) is 107 Å². The lowest BCUT2D eigenvalue weighted by Gasteiger charge is -2.44. The zero-order valence-corrected chi connectivity index (χ0v) is 19.9. The van der Waals surface area contributed by atoms with Crippen molar-refractivity contribution < 1.29 is 19.9 Å². The van der Waals surface area contributed by atoms with Crippen LogP contribution in [0.15, 0.2) is 48.5 Å². The average Bonchev–Trinajstić information content (AvgIpc) is 2.86. The van der Waals surface area contributed by atoms with Gasteiger partial charge < -0.3 is 20.9 Å². The van der Waals surface area contributed by atoms with Gasteiger partial charge in [0.15, 0.2) is 0 Å². The minimum absolute atomic E-state index is 0.0659. The summed E-state index contributed by atoms with van der Waals surface area (Å²) in [6.45, 7) is 1.72. The van der Waals surface area contributed by atoms with Gasteiger partial charge in [0.25, 0.3) is 0 Å². The number of nitrogens with zero attached hydrogens (tertiary/aromatic N) is 1. The molecular formula is C27H37BN2O4. The van der Waals surface area contributed by atoms with Gasteiger partial charge in [-0.15, -0.1) is 0 Å². The number of aryl methyl sites for hydroxylation is 1. The van der Waals surface area contributed by atoms with Crippen molar-refractivity contribution in [2.24, 2.45) is 11.7 Å². The highest BCUT2D eigenvalue weighted by Crippen LogP contribution is 2.40. The van der Waals surface area contributed by atoms with Gasteiger partial charge in [0.1, 0.15) is 5.54 Å². The van der Waals surface area contributed by atoms with Gasteiger partial charge in [0.2, 0.25) is 0 Å². The number of unbranched alkanes of at least 4 members (excludes halogenated alkanes) is 1. The summed E-state index contributed by atoms with van der Waals surface area (Å²) in [5, 5.41) is 28.0. The minimum Gasteiger partial charge on any atom is -0.480 e. The number of benzene rings is 2. The zero-order chi connectivity index (χ0) is 24.1. The second kappa shape index (κ2) is 11.0. The number of rotatable bonds is 9. The molecule has 2 aromatic rings. The van der Waals surface area contributed by atoms with Crippen LogP contribution in [0.1, 0.15) is 62.1 Å². The lowest BCUT2D eigenvalue weighted by Crippen LogP contribution is -2.57. The van der Waals surface area contributed by atoms with Crippen LogP contribution in [0.2, 0.25) is 6.32 Å². The molecule has 6 nitrogen and oxygen atoms in total. The Hall–Kier alpha value is -2.19. The van der Waals surface area contributed by atoms with Crippen LogP contribution in [0.4, 0.5) is 0 Å². The first kappa shape index (κ1) is 24.9. The molecule has 1 fully saturated rings. The van der Waals surface area contributed by atoms with E-state index in [4.69, 9.17) is 15.8 Å². The first-order valence-electron chi connectivity index (χ1n) is 12.7. The molecule has 182 valence electrons. The zero-order valence-electron chi connectivity index (χ0n) is 19.9. The summed E-state index contributed by atoms with van der Waals surface area (Å²) in [5.41, 5.74) is 10.6. The fourth-order valence-corrected chi connectivity index (χ4v) is 5.93. The van der Waals surface area contributed by atoms with Crippen LogP contribution in [0, 0.1) is 5.92 Å². The highest BCUT2D eigenvalue weighted by atomic mass is 16.4. The molecule has 2 aliphatic rings. The van der Waals surface area contributed by atoms with Gasteiger partial charge in [0.05, 0.1) is 0 Å². The van der Waals surface area contributed by atoms with Gasteiger partial charge in [-0.3, -0.25) is 9.69 Å². The number of piperidine rings is 1. The van der Waals surface area contributed by atoms with Crippen LogP contribution in [0.25, 0.3) is 11.1 Å². The van der Waals surface area contributed by atoms with Crippen molar-refractivity contribution in [1.29, 1.82) is 0 Å². The van der Waals surface area contributed by atoms with Crippen LogP contribution < -0.4 is 5.73 Å². The van der Waals surface area contributed by atoms with Crippen molar-refractivity contribution in [3.63, 3.8) is 0 Å². The van der Waals surface area contributed by atoms with Crippen LogP contribution in [0.3, 0.4) is 0 Å². The number of carbonyl (C=O) groups is 1. The Morgan fingerprint density at radius 1 is 1.03 bits per heavy atom. The van der Waals surface area contributed by atoms with Gasteiger partial charge in [-0.1, -0.05) is 61.4 Å². The SMILES string of the molecule is N[C@](CCCCB(O)O)(C(=O)O)C1CCN(C2CCCc3cc(-c4ccccc4)ccc32)CC1. The lowest BCUT2D eigenvalue weighted by atomic mass is 9.73. The summed E-state index contributed by atoms with van der Waals surface area (Å²) in [6, 6.07) is 17.8. The Kier molecular flexibility index (Phi) is 8.09. The molecule has 0 bridgehead atoms. The molecule has 0 radical (unpaired) electrons. The van der Waals surface area contributed by atoms with Crippen LogP contribution in [-0.4, -0.2) is 51.8 Å². The highest BCUT2D eigenvalue weighted by molar-refractivity contribution is 6.40. The molecule has 1 unspecified atom stereocenters. The molecule has 0 amide bonds. The van der Waals surface area contributed by atoms with Gasteiger partial charge >= 0.3 is 13.1 Å². The van der Waals surface area contributed by atoms with Crippen molar-refractivity contribution >= 4 is 13.1 Å². The number of carboxylic acid groups (broad SMARTS) is 1. The van der Waals surface area contributed by atoms with Crippen molar-refractivity contribution in [3.8, 4) is 11.1 Å². The van der Waals surface area contributed by atoms with Crippen LogP contribution in [-0.2, 0) is 11.2 Å². The maximum absolute atomic E-state index is 12.1. The van der Waals surface area contributed by atoms with E-state index < -0.39 is 18.6 Å². The smallest absolute Gasteiger partial charge is 0.451 e. The summed E-state index contributed by atoms with van der Waals surface area (Å²) >= 11 is 0. The van der Waals surface area contributed by atoms with Crippen molar-refractivity contribution in [1.82, 2.24) is 4.90 Å². The van der Waals surface area contributed by atoms with E-state index in [9.17, 15) is 9.90 Å². The van der Waals surface area contributed by atoms with E-state index in [1.807, 2.05) is 6.07 Å². The van der Waals surface area contributed by atoms with E-state index in [-0.39, 0.29) is 12.2 Å². The standard InChI is InChI=1S/C27H37BN2O4/c29-27(26(31)32,15-4-5-16-28(33)34)23-13-17-30(18-14-23)25-10-6-9-22-19-21(11-12-24(22)25)20-7-2-1-3-8-20/h1-3,7-8,11-12,19,23,25,33-34H,4-6,9-10,13-18,29H2,(H,31,32)/t25?,27-/m0/s1. The predicted octanol–water partition coefficient (Wildman–Crippen LogP) is 3.87. The average molecular weight is 464 g/mol. The first-order valence-corrected chi connectivity index (χ1v) is 12.7. The number of nitrogens with two attached hydrogens (primary N) is 1. The number of likely N-dealkylation sites (tertiary alicyclic amines) is 1. The molecule has 1 aliphatic heterocycles. The molecule has 1 aliphatic carbocycles. The Balaban J connectivity index is 1.41. The predicted molar refractivity (Wildman–Crippen MR) is 135 cm³/mol. The first-order chi connectivity index (χ1) is 16.4. The molecule has 4 rings (SSSR count).